The van der Waals surface area contributed by atoms with Gasteiger partial charge in [0.25, 0.3) is 11.5 Å². The highest BCUT2D eigenvalue weighted by atomic mass is 16.5. The zero-order chi connectivity index (χ0) is 21.8. The fourth-order valence-corrected chi connectivity index (χ4v) is 4.49. The average Bonchev–Trinajstić information content (AvgIpc) is 3.15. The quantitative estimate of drug-likeness (QED) is 0.751. The van der Waals surface area contributed by atoms with E-state index in [4.69, 9.17) is 4.52 Å². The molecule has 2 aromatic heterocycles. The van der Waals surface area contributed by atoms with E-state index in [-0.39, 0.29) is 17.5 Å². The predicted octanol–water partition coefficient (Wildman–Crippen LogP) is 1.94. The number of hydrogen-bond acceptors (Lipinski definition) is 7. The summed E-state index contributed by atoms with van der Waals surface area (Å²) in [6.45, 7) is 8.62. The molecule has 9 nitrogen and oxygen atoms in total. The Morgan fingerprint density at radius 3 is 2.77 bits per heavy atom. The first-order valence-corrected chi connectivity index (χ1v) is 11.4. The minimum absolute atomic E-state index is 0.00935. The summed E-state index contributed by atoms with van der Waals surface area (Å²) < 4.78 is 6.85. The van der Waals surface area contributed by atoms with Crippen LogP contribution in [0.5, 0.6) is 0 Å². The smallest absolute Gasteiger partial charge is 0.274 e. The van der Waals surface area contributed by atoms with Crippen molar-refractivity contribution in [2.45, 2.75) is 65.1 Å². The van der Waals surface area contributed by atoms with E-state index in [0.29, 0.717) is 31.1 Å². The van der Waals surface area contributed by atoms with Gasteiger partial charge in [0, 0.05) is 43.9 Å². The van der Waals surface area contributed by atoms with E-state index in [2.05, 4.69) is 25.4 Å². The van der Waals surface area contributed by atoms with Crippen molar-refractivity contribution in [3.05, 3.63) is 39.5 Å². The molecule has 0 radical (unpaired) electrons. The van der Waals surface area contributed by atoms with Crippen molar-refractivity contribution >= 4 is 11.7 Å². The third kappa shape index (κ3) is 4.98. The van der Waals surface area contributed by atoms with Gasteiger partial charge < -0.3 is 14.7 Å². The molecule has 9 heteroatoms. The number of nitrogens with one attached hydrogen (secondary N) is 1. The summed E-state index contributed by atoms with van der Waals surface area (Å²) >= 11 is 0. The van der Waals surface area contributed by atoms with Gasteiger partial charge in [-0.3, -0.25) is 14.5 Å². The number of likely N-dealkylation sites (tertiary alicyclic amines) is 1. The second-order valence-corrected chi connectivity index (χ2v) is 8.51. The maximum Gasteiger partial charge on any atom is 0.274 e. The monoisotopic (exact) mass is 428 g/mol. The van der Waals surface area contributed by atoms with Gasteiger partial charge >= 0.3 is 0 Å². The molecule has 31 heavy (non-hydrogen) atoms. The molecule has 1 amide bonds. The lowest BCUT2D eigenvalue weighted by Crippen LogP contribution is -2.48. The summed E-state index contributed by atoms with van der Waals surface area (Å²) in [5.41, 5.74) is 1.19. The van der Waals surface area contributed by atoms with Gasteiger partial charge in [-0.2, -0.15) is 5.10 Å². The van der Waals surface area contributed by atoms with E-state index >= 15 is 0 Å². The van der Waals surface area contributed by atoms with Crippen LogP contribution in [0, 0.1) is 6.92 Å². The Hall–Kier alpha value is -2.68. The molecule has 2 aromatic rings. The van der Waals surface area contributed by atoms with Crippen molar-refractivity contribution in [1.82, 2.24) is 25.2 Å². The van der Waals surface area contributed by atoms with Crippen LogP contribution in [-0.2, 0) is 13.1 Å². The van der Waals surface area contributed by atoms with E-state index in [0.717, 1.165) is 43.9 Å². The minimum atomic E-state index is -0.179. The van der Waals surface area contributed by atoms with Crippen LogP contribution >= 0.6 is 0 Å². The Kier molecular flexibility index (Phi) is 6.70. The Morgan fingerprint density at radius 1 is 1.19 bits per heavy atom. The van der Waals surface area contributed by atoms with Crippen molar-refractivity contribution in [1.29, 1.82) is 0 Å². The van der Waals surface area contributed by atoms with Crippen LogP contribution in [0.2, 0.25) is 0 Å². The third-order valence-electron chi connectivity index (χ3n) is 6.26. The van der Waals surface area contributed by atoms with Crippen molar-refractivity contribution in [3.8, 4) is 0 Å². The number of nitrogens with zero attached hydrogens (tertiary/aromatic N) is 5. The van der Waals surface area contributed by atoms with E-state index < -0.39 is 0 Å². The highest BCUT2D eigenvalue weighted by Gasteiger charge is 2.27. The summed E-state index contributed by atoms with van der Waals surface area (Å²) in [6, 6.07) is 3.31. The SMILES string of the molecule is CCn1nc(N2CCCC(NC(=O)c3noc(C)c3CN3CCCCC3)C2)ccc1=O. The van der Waals surface area contributed by atoms with Crippen LogP contribution in [-0.4, -0.2) is 58.0 Å². The molecular formula is C22H32N6O3. The maximum absolute atomic E-state index is 13.0. The molecule has 2 saturated heterocycles. The third-order valence-corrected chi connectivity index (χ3v) is 6.26. The molecular weight excluding hydrogens is 396 g/mol. The molecule has 0 saturated carbocycles. The topological polar surface area (TPSA) is 96.5 Å². The van der Waals surface area contributed by atoms with Crippen LogP contribution < -0.4 is 15.8 Å². The van der Waals surface area contributed by atoms with Gasteiger partial charge in [-0.15, -0.1) is 0 Å². The van der Waals surface area contributed by atoms with E-state index in [1.165, 1.54) is 23.9 Å². The normalized spacial score (nSPS) is 20.1. The molecule has 0 aliphatic carbocycles. The summed E-state index contributed by atoms with van der Waals surface area (Å²) in [7, 11) is 0. The molecule has 0 bridgehead atoms. The molecule has 4 rings (SSSR count). The van der Waals surface area contributed by atoms with Gasteiger partial charge in [0.15, 0.2) is 5.69 Å². The van der Waals surface area contributed by atoms with Gasteiger partial charge in [0.2, 0.25) is 0 Å². The van der Waals surface area contributed by atoms with Gasteiger partial charge in [-0.25, -0.2) is 4.68 Å². The number of aryl methyl sites for hydroxylation is 2. The number of piperidine rings is 2. The number of aromatic nitrogens is 3. The fourth-order valence-electron chi connectivity index (χ4n) is 4.49. The first-order chi connectivity index (χ1) is 15.0. The van der Waals surface area contributed by atoms with Crippen molar-refractivity contribution in [2.75, 3.05) is 31.1 Å². The number of hydrogen-bond donors (Lipinski definition) is 1. The van der Waals surface area contributed by atoms with Gasteiger partial charge in [-0.1, -0.05) is 11.6 Å². The first kappa shape index (κ1) is 21.5. The highest BCUT2D eigenvalue weighted by Crippen LogP contribution is 2.21. The zero-order valence-electron chi connectivity index (χ0n) is 18.5. The molecule has 4 heterocycles. The number of rotatable bonds is 6. The minimum Gasteiger partial charge on any atom is -0.361 e. The lowest BCUT2D eigenvalue weighted by molar-refractivity contribution is 0.0921. The Morgan fingerprint density at radius 2 is 2.00 bits per heavy atom. The molecule has 1 atom stereocenters. The summed E-state index contributed by atoms with van der Waals surface area (Å²) in [6.07, 6.45) is 5.51. The van der Waals surface area contributed by atoms with Crippen molar-refractivity contribution in [2.24, 2.45) is 0 Å². The van der Waals surface area contributed by atoms with E-state index in [1.54, 1.807) is 12.1 Å². The molecule has 2 aliphatic heterocycles. The van der Waals surface area contributed by atoms with Crippen LogP contribution in [0.25, 0.3) is 0 Å². The summed E-state index contributed by atoms with van der Waals surface area (Å²) in [5, 5.41) is 11.7. The lowest BCUT2D eigenvalue weighted by atomic mass is 10.0. The molecule has 0 spiro atoms. The number of carbonyl (C=O) groups excluding carboxylic acids is 1. The largest absolute Gasteiger partial charge is 0.361 e. The first-order valence-electron chi connectivity index (χ1n) is 11.4. The molecule has 0 aromatic carbocycles. The number of amides is 1. The summed E-state index contributed by atoms with van der Waals surface area (Å²) in [5.74, 6) is 1.30. The van der Waals surface area contributed by atoms with Crippen LogP contribution in [0.4, 0.5) is 5.82 Å². The van der Waals surface area contributed by atoms with Crippen LogP contribution in [0.1, 0.15) is 60.8 Å². The molecule has 1 unspecified atom stereocenters. The van der Waals surface area contributed by atoms with Crippen molar-refractivity contribution in [3.63, 3.8) is 0 Å². The Labute approximate surface area is 182 Å². The fraction of sp³-hybridized carbons (Fsp3) is 0.636. The van der Waals surface area contributed by atoms with Crippen LogP contribution in [0.15, 0.2) is 21.5 Å². The van der Waals surface area contributed by atoms with Gasteiger partial charge in [-0.05, 0) is 58.7 Å². The highest BCUT2D eigenvalue weighted by molar-refractivity contribution is 5.94. The average molecular weight is 429 g/mol. The predicted molar refractivity (Wildman–Crippen MR) is 117 cm³/mol. The molecule has 1 N–H and O–H groups in total. The molecule has 2 aliphatic rings. The lowest BCUT2D eigenvalue weighted by Gasteiger charge is -2.34. The Bertz CT molecular complexity index is 962. The second kappa shape index (κ2) is 9.64. The van der Waals surface area contributed by atoms with E-state index in [9.17, 15) is 9.59 Å². The molecule has 2 fully saturated rings. The van der Waals surface area contributed by atoms with Gasteiger partial charge in [0.1, 0.15) is 11.6 Å². The Balaban J connectivity index is 1.42. The number of carbonyl (C=O) groups is 1. The van der Waals surface area contributed by atoms with Gasteiger partial charge in [0.05, 0.1) is 0 Å². The number of anilines is 1. The maximum atomic E-state index is 13.0. The second-order valence-electron chi connectivity index (χ2n) is 8.51. The standard InChI is InChI=1S/C22H32N6O3/c1-3-28-20(29)10-9-19(24-28)27-13-7-8-17(14-27)23-22(30)21-18(16(2)31-25-21)15-26-11-5-4-6-12-26/h9-10,17H,3-8,11-15H2,1-2H3,(H,23,30). The van der Waals surface area contributed by atoms with Crippen LogP contribution in [0.3, 0.4) is 0 Å². The zero-order valence-corrected chi connectivity index (χ0v) is 18.5. The molecule has 168 valence electrons. The van der Waals surface area contributed by atoms with Crippen molar-refractivity contribution < 1.29 is 9.32 Å². The van der Waals surface area contributed by atoms with E-state index in [1.807, 2.05) is 13.8 Å². The summed E-state index contributed by atoms with van der Waals surface area (Å²) in [4.78, 5) is 29.4.